The van der Waals surface area contributed by atoms with E-state index in [1.165, 1.54) is 23.5 Å². The smallest absolute Gasteiger partial charge is 0.231 e. The first-order valence-electron chi connectivity index (χ1n) is 8.87. The molecule has 0 aliphatic carbocycles. The second kappa shape index (κ2) is 7.93. The van der Waals surface area contributed by atoms with Gasteiger partial charge in [0.15, 0.2) is 5.13 Å². The van der Waals surface area contributed by atoms with Crippen LogP contribution in [0, 0.1) is 11.7 Å². The van der Waals surface area contributed by atoms with Crippen molar-refractivity contribution >= 4 is 28.3 Å². The first-order valence-corrected chi connectivity index (χ1v) is 9.68. The van der Waals surface area contributed by atoms with Crippen LogP contribution >= 0.6 is 11.3 Å². The molecule has 1 atom stereocenters. The highest BCUT2D eigenvalue weighted by Gasteiger charge is 2.34. The molecule has 144 valence electrons. The summed E-state index contributed by atoms with van der Waals surface area (Å²) >= 11 is 1.37. The van der Waals surface area contributed by atoms with Crippen molar-refractivity contribution in [3.8, 4) is 0 Å². The molecule has 3 heterocycles. The summed E-state index contributed by atoms with van der Waals surface area (Å²) in [6.07, 6.45) is 4.06. The van der Waals surface area contributed by atoms with Crippen LogP contribution in [0.3, 0.4) is 0 Å². The van der Waals surface area contributed by atoms with E-state index in [2.05, 4.69) is 10.3 Å². The Balaban J connectivity index is 1.33. The van der Waals surface area contributed by atoms with Gasteiger partial charge in [-0.25, -0.2) is 9.37 Å². The van der Waals surface area contributed by atoms with Crippen molar-refractivity contribution in [2.45, 2.75) is 19.4 Å². The molecule has 0 bridgehead atoms. The number of anilines is 1. The minimum atomic E-state index is -0.410. The molecule has 1 aromatic carbocycles. The molecule has 0 spiro atoms. The number of hydrogen-bond donors (Lipinski definition) is 1. The van der Waals surface area contributed by atoms with E-state index in [0.29, 0.717) is 30.4 Å². The number of likely N-dealkylation sites (tertiary alicyclic amines) is 1. The lowest BCUT2D eigenvalue weighted by molar-refractivity contribution is -0.128. The van der Waals surface area contributed by atoms with Crippen molar-refractivity contribution in [3.05, 3.63) is 70.9 Å². The van der Waals surface area contributed by atoms with Crippen LogP contribution in [0.2, 0.25) is 0 Å². The van der Waals surface area contributed by atoms with E-state index in [1.807, 2.05) is 0 Å². The van der Waals surface area contributed by atoms with E-state index in [-0.39, 0.29) is 24.1 Å². The summed E-state index contributed by atoms with van der Waals surface area (Å²) < 4.78 is 18.3. The molecule has 2 aromatic heterocycles. The van der Waals surface area contributed by atoms with Crippen LogP contribution in [0.15, 0.2) is 53.3 Å². The fourth-order valence-electron chi connectivity index (χ4n) is 3.15. The number of aromatic nitrogens is 1. The summed E-state index contributed by atoms with van der Waals surface area (Å²) in [6.45, 7) is 0.730. The summed E-state index contributed by atoms with van der Waals surface area (Å²) in [5.74, 6) is -0.259. The molecule has 2 amide bonds. The van der Waals surface area contributed by atoms with Crippen LogP contribution in [-0.2, 0) is 22.6 Å². The summed E-state index contributed by atoms with van der Waals surface area (Å²) in [5.41, 5.74) is 0.970. The van der Waals surface area contributed by atoms with Crippen LogP contribution in [0.4, 0.5) is 9.52 Å². The molecule has 4 rings (SSSR count). The molecule has 6 nitrogen and oxygen atoms in total. The van der Waals surface area contributed by atoms with Gasteiger partial charge >= 0.3 is 0 Å². The van der Waals surface area contributed by atoms with Gasteiger partial charge in [0.2, 0.25) is 11.8 Å². The maximum absolute atomic E-state index is 13.0. The lowest BCUT2D eigenvalue weighted by Gasteiger charge is -2.14. The van der Waals surface area contributed by atoms with E-state index >= 15 is 0 Å². The van der Waals surface area contributed by atoms with Crippen LogP contribution in [0.1, 0.15) is 22.6 Å². The normalized spacial score (nSPS) is 16.5. The highest BCUT2D eigenvalue weighted by Crippen LogP contribution is 2.25. The summed E-state index contributed by atoms with van der Waals surface area (Å²) in [6, 6.07) is 9.87. The van der Waals surface area contributed by atoms with Crippen molar-refractivity contribution in [2.75, 3.05) is 11.9 Å². The maximum Gasteiger partial charge on any atom is 0.231 e. The third kappa shape index (κ3) is 4.28. The van der Waals surface area contributed by atoms with Crippen molar-refractivity contribution in [1.82, 2.24) is 9.88 Å². The monoisotopic (exact) mass is 399 g/mol. The number of halogens is 1. The van der Waals surface area contributed by atoms with Gasteiger partial charge in [-0.2, -0.15) is 0 Å². The number of thiazole rings is 1. The highest BCUT2D eigenvalue weighted by atomic mass is 32.1. The highest BCUT2D eigenvalue weighted by molar-refractivity contribution is 7.15. The van der Waals surface area contributed by atoms with Crippen LogP contribution in [0.25, 0.3) is 0 Å². The Hall–Kier alpha value is -3.00. The molecule has 1 aliphatic heterocycles. The molecule has 3 aromatic rings. The number of rotatable bonds is 6. The number of nitrogens with zero attached hydrogens (tertiary/aromatic N) is 2. The molecule has 0 saturated carbocycles. The van der Waals surface area contributed by atoms with Gasteiger partial charge in [0.1, 0.15) is 11.6 Å². The number of carbonyl (C=O) groups is 2. The molecule has 8 heteroatoms. The minimum absolute atomic E-state index is 0.0623. The minimum Gasteiger partial charge on any atom is -0.467 e. The molecular formula is C20H18FN3O3S. The SMILES string of the molecule is O=C(Nc1ncc(Cc2ccc(F)cc2)s1)C1CC(=O)N(Cc2ccco2)C1. The van der Waals surface area contributed by atoms with Gasteiger partial charge in [-0.05, 0) is 29.8 Å². The van der Waals surface area contributed by atoms with E-state index in [0.717, 1.165) is 10.4 Å². The van der Waals surface area contributed by atoms with Crippen molar-refractivity contribution in [3.63, 3.8) is 0 Å². The van der Waals surface area contributed by atoms with Gasteiger partial charge in [0, 0.05) is 30.5 Å². The number of nitrogens with one attached hydrogen (secondary N) is 1. The van der Waals surface area contributed by atoms with Crippen LogP contribution in [-0.4, -0.2) is 28.2 Å². The average molecular weight is 399 g/mol. The number of hydrogen-bond acceptors (Lipinski definition) is 5. The zero-order valence-electron chi connectivity index (χ0n) is 14.9. The first-order chi connectivity index (χ1) is 13.6. The third-order valence-electron chi connectivity index (χ3n) is 4.59. The van der Waals surface area contributed by atoms with Crippen LogP contribution < -0.4 is 5.32 Å². The number of benzene rings is 1. The molecule has 1 saturated heterocycles. The lowest BCUT2D eigenvalue weighted by Crippen LogP contribution is -2.27. The van der Waals surface area contributed by atoms with Gasteiger partial charge in [-0.1, -0.05) is 12.1 Å². The summed E-state index contributed by atoms with van der Waals surface area (Å²) in [5, 5.41) is 3.30. The third-order valence-corrected chi connectivity index (χ3v) is 5.50. The van der Waals surface area contributed by atoms with Gasteiger partial charge in [-0.3, -0.25) is 9.59 Å². The zero-order chi connectivity index (χ0) is 19.5. The fraction of sp³-hybridized carbons (Fsp3) is 0.250. The Bertz CT molecular complexity index is 969. The van der Waals surface area contributed by atoms with Gasteiger partial charge in [0.25, 0.3) is 0 Å². The van der Waals surface area contributed by atoms with Gasteiger partial charge in [0.05, 0.1) is 18.7 Å². The average Bonchev–Trinajstić information content (AvgIpc) is 3.41. The Labute approximate surface area is 165 Å². The number of amides is 2. The maximum atomic E-state index is 13.0. The van der Waals surface area contributed by atoms with Gasteiger partial charge < -0.3 is 14.6 Å². The van der Waals surface area contributed by atoms with E-state index in [4.69, 9.17) is 4.42 Å². The molecule has 0 radical (unpaired) electrons. The lowest BCUT2D eigenvalue weighted by atomic mass is 10.1. The van der Waals surface area contributed by atoms with Gasteiger partial charge in [-0.15, -0.1) is 11.3 Å². The van der Waals surface area contributed by atoms with Crippen molar-refractivity contribution < 1.29 is 18.4 Å². The predicted molar refractivity (Wildman–Crippen MR) is 102 cm³/mol. The Morgan fingerprint density at radius 2 is 2.14 bits per heavy atom. The fourth-order valence-corrected chi connectivity index (χ4v) is 4.00. The molecule has 1 unspecified atom stereocenters. The Kier molecular flexibility index (Phi) is 5.21. The van der Waals surface area contributed by atoms with Crippen molar-refractivity contribution in [1.29, 1.82) is 0 Å². The summed E-state index contributed by atoms with van der Waals surface area (Å²) in [4.78, 5) is 31.5. The Morgan fingerprint density at radius 1 is 1.32 bits per heavy atom. The second-order valence-electron chi connectivity index (χ2n) is 6.68. The van der Waals surface area contributed by atoms with E-state index in [1.54, 1.807) is 41.6 Å². The first kappa shape index (κ1) is 18.4. The molecule has 28 heavy (non-hydrogen) atoms. The zero-order valence-corrected chi connectivity index (χ0v) is 15.7. The number of furan rings is 1. The van der Waals surface area contributed by atoms with E-state index in [9.17, 15) is 14.0 Å². The molecule has 1 aliphatic rings. The van der Waals surface area contributed by atoms with Crippen LogP contribution in [0.5, 0.6) is 0 Å². The summed E-state index contributed by atoms with van der Waals surface area (Å²) in [7, 11) is 0. The molecular weight excluding hydrogens is 381 g/mol. The van der Waals surface area contributed by atoms with E-state index < -0.39 is 5.92 Å². The predicted octanol–water partition coefficient (Wildman–Crippen LogP) is 3.45. The standard InChI is InChI=1S/C20H18FN3O3S/c21-15-5-3-13(4-6-15)8-17-10-22-20(28-17)23-19(26)14-9-18(25)24(11-14)12-16-2-1-7-27-16/h1-7,10,14H,8-9,11-12H2,(H,22,23,26). The quantitative estimate of drug-likeness (QED) is 0.689. The Morgan fingerprint density at radius 3 is 2.89 bits per heavy atom. The molecule has 1 fully saturated rings. The molecule has 1 N–H and O–H groups in total. The van der Waals surface area contributed by atoms with Crippen molar-refractivity contribution in [2.24, 2.45) is 5.92 Å². The number of carbonyl (C=O) groups excluding carboxylic acids is 2. The topological polar surface area (TPSA) is 75.4 Å². The largest absolute Gasteiger partial charge is 0.467 e. The second-order valence-corrected chi connectivity index (χ2v) is 7.79.